The van der Waals surface area contributed by atoms with Crippen molar-refractivity contribution in [2.24, 2.45) is 5.92 Å². The molecule has 5 nitrogen and oxygen atoms in total. The van der Waals surface area contributed by atoms with Gasteiger partial charge in [-0.3, -0.25) is 0 Å². The van der Waals surface area contributed by atoms with Gasteiger partial charge in [0, 0.05) is 36.1 Å². The van der Waals surface area contributed by atoms with Crippen LogP contribution >= 0.6 is 0 Å². The van der Waals surface area contributed by atoms with Crippen LogP contribution < -0.4 is 5.32 Å². The lowest BCUT2D eigenvalue weighted by Crippen LogP contribution is -2.36. The van der Waals surface area contributed by atoms with Crippen LogP contribution in [0.4, 0.5) is 11.8 Å². The Kier molecular flexibility index (Phi) is 4.66. The van der Waals surface area contributed by atoms with Gasteiger partial charge in [0.1, 0.15) is 5.82 Å². The molecule has 3 heterocycles. The molecule has 1 atom stereocenters. The van der Waals surface area contributed by atoms with Gasteiger partial charge in [-0.15, -0.1) is 0 Å². The van der Waals surface area contributed by atoms with Crippen molar-refractivity contribution in [1.82, 2.24) is 19.9 Å². The van der Waals surface area contributed by atoms with E-state index in [0.29, 0.717) is 11.9 Å². The van der Waals surface area contributed by atoms with Gasteiger partial charge in [0.25, 0.3) is 0 Å². The minimum absolute atomic E-state index is 0.536. The molecule has 1 N–H and O–H groups in total. The molecule has 1 aliphatic heterocycles. The molecule has 0 aromatic carbocycles. The maximum atomic E-state index is 4.86. The summed E-state index contributed by atoms with van der Waals surface area (Å²) < 4.78 is 0. The van der Waals surface area contributed by atoms with Crippen LogP contribution in [0.25, 0.3) is 0 Å². The van der Waals surface area contributed by atoms with Crippen LogP contribution in [0.5, 0.6) is 0 Å². The van der Waals surface area contributed by atoms with Gasteiger partial charge in [0.2, 0.25) is 5.95 Å². The lowest BCUT2D eigenvalue weighted by molar-refractivity contribution is 0.199. The number of likely N-dealkylation sites (tertiary alicyclic amines) is 1. The smallest absolute Gasteiger partial charge is 0.228 e. The molecular formula is C20H27N5. The topological polar surface area (TPSA) is 53.9 Å². The van der Waals surface area contributed by atoms with Gasteiger partial charge in [-0.05, 0) is 70.2 Å². The molecule has 0 radical (unpaired) electrons. The minimum Gasteiger partial charge on any atom is -0.309 e. The number of rotatable bonds is 5. The number of hydrogen-bond acceptors (Lipinski definition) is 5. The zero-order valence-electron chi connectivity index (χ0n) is 15.2. The highest BCUT2D eigenvalue weighted by atomic mass is 15.2. The first-order chi connectivity index (χ1) is 12.2. The third-order valence-electron chi connectivity index (χ3n) is 5.13. The Morgan fingerprint density at radius 3 is 2.64 bits per heavy atom. The van der Waals surface area contributed by atoms with E-state index >= 15 is 0 Å². The molecule has 1 saturated carbocycles. The predicted molar refractivity (Wildman–Crippen MR) is 100 cm³/mol. The molecule has 1 saturated heterocycles. The van der Waals surface area contributed by atoms with Crippen molar-refractivity contribution >= 4 is 11.8 Å². The van der Waals surface area contributed by atoms with E-state index < -0.39 is 0 Å². The summed E-state index contributed by atoms with van der Waals surface area (Å²) in [7, 11) is 0. The van der Waals surface area contributed by atoms with E-state index in [0.717, 1.165) is 29.7 Å². The van der Waals surface area contributed by atoms with E-state index in [4.69, 9.17) is 4.98 Å². The predicted octanol–water partition coefficient (Wildman–Crippen LogP) is 3.82. The highest BCUT2D eigenvalue weighted by Gasteiger charge is 2.28. The van der Waals surface area contributed by atoms with E-state index in [2.05, 4.69) is 32.3 Å². The Morgan fingerprint density at radius 1 is 1.08 bits per heavy atom. The number of hydrogen-bond donors (Lipinski definition) is 1. The Balaban J connectivity index is 1.46. The van der Waals surface area contributed by atoms with Crippen LogP contribution in [0.2, 0.25) is 0 Å². The first-order valence-electron chi connectivity index (χ1n) is 9.44. The van der Waals surface area contributed by atoms with Crippen LogP contribution in [0.1, 0.15) is 48.7 Å². The second kappa shape index (κ2) is 7.08. The average Bonchev–Trinajstić information content (AvgIpc) is 3.38. The van der Waals surface area contributed by atoms with Gasteiger partial charge in [0.05, 0.1) is 0 Å². The molecule has 1 aliphatic carbocycles. The van der Waals surface area contributed by atoms with Crippen LogP contribution in [-0.4, -0.2) is 39.5 Å². The van der Waals surface area contributed by atoms with Crippen LogP contribution in [0, 0.1) is 19.8 Å². The molecule has 0 unspecified atom stereocenters. The standard InChI is InChI=1S/C20H27N5/c1-14-11-15(2)22-20(21-14)24-19-7-3-6-18(23-19)17-5-4-10-25(13-17)12-16-8-9-16/h3,6-7,11,16-17H,4-5,8-10,12-13H2,1-2H3,(H,21,22,23,24)/t17-/m0/s1. The van der Waals surface area contributed by atoms with E-state index in [9.17, 15) is 0 Å². The van der Waals surface area contributed by atoms with Crippen molar-refractivity contribution in [3.05, 3.63) is 41.3 Å². The van der Waals surface area contributed by atoms with E-state index in [1.165, 1.54) is 44.5 Å². The van der Waals surface area contributed by atoms with Gasteiger partial charge < -0.3 is 10.2 Å². The van der Waals surface area contributed by atoms with Crippen LogP contribution in [0.3, 0.4) is 0 Å². The third kappa shape index (κ3) is 4.34. The summed E-state index contributed by atoms with van der Waals surface area (Å²) in [4.78, 5) is 16.4. The van der Waals surface area contributed by atoms with Crippen LogP contribution in [0.15, 0.2) is 24.3 Å². The number of aromatic nitrogens is 3. The zero-order valence-corrected chi connectivity index (χ0v) is 15.2. The number of nitrogens with zero attached hydrogens (tertiary/aromatic N) is 4. The molecule has 0 amide bonds. The van der Waals surface area contributed by atoms with Crippen LogP contribution in [-0.2, 0) is 0 Å². The van der Waals surface area contributed by atoms with Crippen molar-refractivity contribution in [2.45, 2.75) is 45.4 Å². The van der Waals surface area contributed by atoms with E-state index in [1.54, 1.807) is 0 Å². The molecule has 2 aliphatic rings. The fourth-order valence-electron chi connectivity index (χ4n) is 3.77. The van der Waals surface area contributed by atoms with Gasteiger partial charge in [-0.1, -0.05) is 6.07 Å². The molecule has 0 bridgehead atoms. The summed E-state index contributed by atoms with van der Waals surface area (Å²) in [6.45, 7) is 7.65. The molecule has 2 aromatic heterocycles. The summed E-state index contributed by atoms with van der Waals surface area (Å²) in [5.41, 5.74) is 3.12. The molecular weight excluding hydrogens is 310 g/mol. The summed E-state index contributed by atoms with van der Waals surface area (Å²) in [5.74, 6) is 2.96. The van der Waals surface area contributed by atoms with Crippen molar-refractivity contribution < 1.29 is 0 Å². The largest absolute Gasteiger partial charge is 0.309 e. The van der Waals surface area contributed by atoms with Gasteiger partial charge in [-0.25, -0.2) is 15.0 Å². The summed E-state index contributed by atoms with van der Waals surface area (Å²) in [6.07, 6.45) is 5.36. The minimum atomic E-state index is 0.536. The van der Waals surface area contributed by atoms with Crippen molar-refractivity contribution in [3.8, 4) is 0 Å². The lowest BCUT2D eigenvalue weighted by atomic mass is 9.94. The fourth-order valence-corrected chi connectivity index (χ4v) is 3.77. The molecule has 2 fully saturated rings. The van der Waals surface area contributed by atoms with E-state index in [-0.39, 0.29) is 0 Å². The SMILES string of the molecule is Cc1cc(C)nc(Nc2cccc([C@H]3CCCN(CC4CC4)C3)n2)n1. The van der Waals surface area contributed by atoms with Gasteiger partial charge >= 0.3 is 0 Å². The normalized spacial score (nSPS) is 21.3. The van der Waals surface area contributed by atoms with Crippen molar-refractivity contribution in [2.75, 3.05) is 25.0 Å². The average molecular weight is 337 g/mol. The second-order valence-corrected chi connectivity index (χ2v) is 7.59. The summed E-state index contributed by atoms with van der Waals surface area (Å²) in [5, 5.41) is 3.27. The molecule has 25 heavy (non-hydrogen) atoms. The highest BCUT2D eigenvalue weighted by Crippen LogP contribution is 2.33. The zero-order chi connectivity index (χ0) is 17.2. The lowest BCUT2D eigenvalue weighted by Gasteiger charge is -2.32. The monoisotopic (exact) mass is 337 g/mol. The van der Waals surface area contributed by atoms with Gasteiger partial charge in [0.15, 0.2) is 0 Å². The number of nitrogens with one attached hydrogen (secondary N) is 1. The number of piperidine rings is 1. The quantitative estimate of drug-likeness (QED) is 0.899. The van der Waals surface area contributed by atoms with E-state index in [1.807, 2.05) is 26.0 Å². The Labute approximate surface area is 149 Å². The summed E-state index contributed by atoms with van der Waals surface area (Å²) in [6, 6.07) is 8.23. The first-order valence-corrected chi connectivity index (χ1v) is 9.44. The van der Waals surface area contributed by atoms with Gasteiger partial charge in [-0.2, -0.15) is 0 Å². The molecule has 2 aromatic rings. The second-order valence-electron chi connectivity index (χ2n) is 7.59. The Bertz CT molecular complexity index is 720. The Morgan fingerprint density at radius 2 is 1.88 bits per heavy atom. The molecule has 132 valence electrons. The summed E-state index contributed by atoms with van der Waals surface area (Å²) >= 11 is 0. The Hall–Kier alpha value is -2.01. The fraction of sp³-hybridized carbons (Fsp3) is 0.550. The maximum Gasteiger partial charge on any atom is 0.228 e. The number of pyridine rings is 1. The molecule has 0 spiro atoms. The molecule has 4 rings (SSSR count). The molecule has 5 heteroatoms. The number of anilines is 2. The third-order valence-corrected chi connectivity index (χ3v) is 5.13. The number of aryl methyl sites for hydroxylation is 2. The van der Waals surface area contributed by atoms with Crippen molar-refractivity contribution in [1.29, 1.82) is 0 Å². The maximum absolute atomic E-state index is 4.86. The highest BCUT2D eigenvalue weighted by molar-refractivity contribution is 5.48. The van der Waals surface area contributed by atoms with Crippen molar-refractivity contribution in [3.63, 3.8) is 0 Å². The first kappa shape index (κ1) is 16.5.